The normalized spacial score (nSPS) is 10.5. The third-order valence-corrected chi connectivity index (χ3v) is 4.08. The second-order valence-electron chi connectivity index (χ2n) is 5.54. The van der Waals surface area contributed by atoms with E-state index in [1.165, 1.54) is 12.7 Å². The van der Waals surface area contributed by atoms with Gasteiger partial charge < -0.3 is 14.8 Å². The molecular formula is C20H20N2O3. The van der Waals surface area contributed by atoms with Crippen LogP contribution in [-0.2, 0) is 11.2 Å². The van der Waals surface area contributed by atoms with Gasteiger partial charge >= 0.3 is 5.97 Å². The van der Waals surface area contributed by atoms with E-state index in [2.05, 4.69) is 23.3 Å². The van der Waals surface area contributed by atoms with Crippen LogP contribution >= 0.6 is 0 Å². The van der Waals surface area contributed by atoms with Crippen molar-refractivity contribution >= 4 is 28.2 Å². The predicted molar refractivity (Wildman–Crippen MR) is 98.7 cm³/mol. The van der Waals surface area contributed by atoms with E-state index in [1.54, 1.807) is 13.2 Å². The lowest BCUT2D eigenvalue weighted by molar-refractivity contribution is 0.0594. The first-order valence-electron chi connectivity index (χ1n) is 8.09. The van der Waals surface area contributed by atoms with Gasteiger partial charge in [0.05, 0.1) is 19.9 Å². The maximum atomic E-state index is 12.0. The van der Waals surface area contributed by atoms with Gasteiger partial charge in [0, 0.05) is 11.1 Å². The summed E-state index contributed by atoms with van der Waals surface area (Å²) in [7, 11) is 2.93. The van der Waals surface area contributed by atoms with Crippen molar-refractivity contribution < 1.29 is 14.3 Å². The number of methoxy groups -OCH3 is 2. The fraction of sp³-hybridized carbons (Fsp3) is 0.200. The second-order valence-corrected chi connectivity index (χ2v) is 5.54. The average Bonchev–Trinajstić information content (AvgIpc) is 2.67. The topological polar surface area (TPSA) is 60.5 Å². The Morgan fingerprint density at radius 1 is 1.08 bits per heavy atom. The lowest BCUT2D eigenvalue weighted by Gasteiger charge is -2.15. The summed E-state index contributed by atoms with van der Waals surface area (Å²) in [5, 5.41) is 4.31. The minimum Gasteiger partial charge on any atom is -0.494 e. The Labute approximate surface area is 146 Å². The van der Waals surface area contributed by atoms with Crippen molar-refractivity contribution in [3.63, 3.8) is 0 Å². The summed E-state index contributed by atoms with van der Waals surface area (Å²) < 4.78 is 10.2. The number of carbonyl (C=O) groups excluding carboxylic acids is 1. The van der Waals surface area contributed by atoms with Crippen LogP contribution in [0.5, 0.6) is 5.75 Å². The zero-order valence-electron chi connectivity index (χ0n) is 14.5. The minimum absolute atomic E-state index is 0.232. The number of fused-ring (bicyclic) bond motifs is 1. The molecule has 0 fully saturated rings. The molecule has 0 aliphatic heterocycles. The lowest BCUT2D eigenvalue weighted by Crippen LogP contribution is -2.07. The van der Waals surface area contributed by atoms with Gasteiger partial charge in [-0.3, -0.25) is 0 Å². The van der Waals surface area contributed by atoms with Crippen LogP contribution in [0.25, 0.3) is 10.9 Å². The average molecular weight is 336 g/mol. The van der Waals surface area contributed by atoms with Crippen molar-refractivity contribution in [2.45, 2.75) is 13.3 Å². The molecule has 1 aromatic heterocycles. The SMILES string of the molecule is CCc1ccccc1Nc1cc(C(=O)OC)nc2c(OC)cccc12. The molecule has 0 bridgehead atoms. The molecule has 0 saturated carbocycles. The number of ether oxygens (including phenoxy) is 2. The Bertz CT molecular complexity index is 922. The zero-order chi connectivity index (χ0) is 17.8. The third-order valence-electron chi connectivity index (χ3n) is 4.08. The highest BCUT2D eigenvalue weighted by Crippen LogP contribution is 2.32. The zero-order valence-corrected chi connectivity index (χ0v) is 14.5. The van der Waals surface area contributed by atoms with Gasteiger partial charge in [0.25, 0.3) is 0 Å². The van der Waals surface area contributed by atoms with Crippen molar-refractivity contribution in [1.82, 2.24) is 4.98 Å². The summed E-state index contributed by atoms with van der Waals surface area (Å²) in [5.74, 6) is 0.120. The molecule has 0 aliphatic rings. The molecule has 2 aromatic carbocycles. The maximum Gasteiger partial charge on any atom is 0.356 e. The molecule has 1 heterocycles. The Balaban J connectivity index is 2.20. The van der Waals surface area contributed by atoms with Crippen LogP contribution in [0.1, 0.15) is 23.0 Å². The van der Waals surface area contributed by atoms with Crippen LogP contribution in [-0.4, -0.2) is 25.2 Å². The van der Waals surface area contributed by atoms with E-state index in [4.69, 9.17) is 9.47 Å². The third kappa shape index (κ3) is 3.26. The molecular weight excluding hydrogens is 316 g/mol. The monoisotopic (exact) mass is 336 g/mol. The Hall–Kier alpha value is -3.08. The molecule has 0 amide bonds. The highest BCUT2D eigenvalue weighted by atomic mass is 16.5. The number of aromatic nitrogens is 1. The number of hydrogen-bond donors (Lipinski definition) is 1. The number of carbonyl (C=O) groups is 1. The molecule has 0 saturated heterocycles. The van der Waals surface area contributed by atoms with Crippen LogP contribution in [0.15, 0.2) is 48.5 Å². The maximum absolute atomic E-state index is 12.0. The number of hydrogen-bond acceptors (Lipinski definition) is 5. The molecule has 5 heteroatoms. The largest absolute Gasteiger partial charge is 0.494 e. The number of aryl methyl sites for hydroxylation is 1. The molecule has 128 valence electrons. The highest BCUT2D eigenvalue weighted by molar-refractivity contribution is 6.01. The second kappa shape index (κ2) is 7.21. The first-order chi connectivity index (χ1) is 12.2. The molecule has 0 aliphatic carbocycles. The molecule has 1 N–H and O–H groups in total. The van der Waals surface area contributed by atoms with Gasteiger partial charge in [0.2, 0.25) is 0 Å². The number of esters is 1. The summed E-state index contributed by atoms with van der Waals surface area (Å²) in [6, 6.07) is 15.5. The first-order valence-corrected chi connectivity index (χ1v) is 8.09. The number of para-hydroxylation sites is 2. The van der Waals surface area contributed by atoms with Gasteiger partial charge in [-0.2, -0.15) is 0 Å². The van der Waals surface area contributed by atoms with E-state index >= 15 is 0 Å². The predicted octanol–water partition coefficient (Wildman–Crippen LogP) is 4.34. The van der Waals surface area contributed by atoms with Crippen molar-refractivity contribution in [1.29, 1.82) is 0 Å². The molecule has 5 nitrogen and oxygen atoms in total. The number of rotatable bonds is 5. The van der Waals surface area contributed by atoms with Gasteiger partial charge in [0.1, 0.15) is 11.3 Å². The van der Waals surface area contributed by atoms with Crippen LogP contribution in [0.3, 0.4) is 0 Å². The molecule has 3 rings (SSSR count). The summed E-state index contributed by atoms with van der Waals surface area (Å²) in [6.07, 6.45) is 0.902. The van der Waals surface area contributed by atoms with Crippen LogP contribution in [0.2, 0.25) is 0 Å². The van der Waals surface area contributed by atoms with Crippen LogP contribution in [0.4, 0.5) is 11.4 Å². The van der Waals surface area contributed by atoms with Crippen LogP contribution < -0.4 is 10.1 Å². The number of nitrogens with zero attached hydrogens (tertiary/aromatic N) is 1. The van der Waals surface area contributed by atoms with Gasteiger partial charge in [-0.25, -0.2) is 9.78 Å². The smallest absolute Gasteiger partial charge is 0.356 e. The number of nitrogens with one attached hydrogen (secondary N) is 1. The van der Waals surface area contributed by atoms with E-state index in [-0.39, 0.29) is 5.69 Å². The summed E-state index contributed by atoms with van der Waals surface area (Å²) >= 11 is 0. The standard InChI is InChI=1S/C20H20N2O3/c1-4-13-8-5-6-10-15(13)21-16-12-17(20(23)25-3)22-19-14(16)9-7-11-18(19)24-2/h5-12H,4H2,1-3H3,(H,21,22). The Morgan fingerprint density at radius 3 is 2.60 bits per heavy atom. The fourth-order valence-electron chi connectivity index (χ4n) is 2.80. The van der Waals surface area contributed by atoms with Gasteiger partial charge in [-0.15, -0.1) is 0 Å². The van der Waals surface area contributed by atoms with Gasteiger partial charge in [-0.05, 0) is 30.2 Å². The van der Waals surface area contributed by atoms with Gasteiger partial charge in [-0.1, -0.05) is 37.3 Å². The number of pyridine rings is 1. The van der Waals surface area contributed by atoms with Crippen molar-refractivity contribution in [3.05, 3.63) is 59.8 Å². The summed E-state index contributed by atoms with van der Waals surface area (Å²) in [4.78, 5) is 16.5. The summed E-state index contributed by atoms with van der Waals surface area (Å²) in [6.45, 7) is 2.11. The molecule has 0 spiro atoms. The van der Waals surface area contributed by atoms with Crippen molar-refractivity contribution in [2.75, 3.05) is 19.5 Å². The van der Waals surface area contributed by atoms with Crippen LogP contribution in [0, 0.1) is 0 Å². The van der Waals surface area contributed by atoms with Crippen molar-refractivity contribution in [2.24, 2.45) is 0 Å². The van der Waals surface area contributed by atoms with E-state index in [9.17, 15) is 4.79 Å². The van der Waals surface area contributed by atoms with E-state index in [1.807, 2.05) is 36.4 Å². The quantitative estimate of drug-likeness (QED) is 0.703. The number of benzene rings is 2. The van der Waals surface area contributed by atoms with Crippen molar-refractivity contribution in [3.8, 4) is 5.75 Å². The first kappa shape index (κ1) is 16.8. The lowest BCUT2D eigenvalue weighted by atomic mass is 10.1. The minimum atomic E-state index is -0.486. The molecule has 0 radical (unpaired) electrons. The van der Waals surface area contributed by atoms with E-state index < -0.39 is 5.97 Å². The van der Waals surface area contributed by atoms with Gasteiger partial charge in [0.15, 0.2) is 5.69 Å². The number of anilines is 2. The highest BCUT2D eigenvalue weighted by Gasteiger charge is 2.15. The van der Waals surface area contributed by atoms with E-state index in [0.717, 1.165) is 23.2 Å². The molecule has 25 heavy (non-hydrogen) atoms. The molecule has 0 atom stereocenters. The Morgan fingerprint density at radius 2 is 1.88 bits per heavy atom. The molecule has 3 aromatic rings. The Kier molecular flexibility index (Phi) is 4.84. The van der Waals surface area contributed by atoms with E-state index in [0.29, 0.717) is 11.3 Å². The summed E-state index contributed by atoms with van der Waals surface area (Å²) in [5.41, 5.74) is 3.82. The molecule has 0 unspecified atom stereocenters. The fourth-order valence-corrected chi connectivity index (χ4v) is 2.80.